The number of carbonyl (C=O) groups excluding carboxylic acids is 3. The smallest absolute Gasteiger partial charge is 0.407 e. The summed E-state index contributed by atoms with van der Waals surface area (Å²) in [6, 6.07) is 33.5. The van der Waals surface area contributed by atoms with Crippen LogP contribution in [0.25, 0.3) is 22.5 Å². The van der Waals surface area contributed by atoms with Crippen molar-refractivity contribution in [3.8, 4) is 34.4 Å². The second-order valence-corrected chi connectivity index (χ2v) is 14.7. The molecular weight excluding hydrogens is 743 g/mol. The van der Waals surface area contributed by atoms with E-state index in [0.717, 1.165) is 70.7 Å². The molecule has 0 radical (unpaired) electrons. The summed E-state index contributed by atoms with van der Waals surface area (Å²) in [4.78, 5) is 59.6. The number of likely N-dealkylation sites (tertiary alicyclic amines) is 2. The second-order valence-electron chi connectivity index (χ2n) is 14.7. The fourth-order valence-electron chi connectivity index (χ4n) is 7.98. The standard InChI is InChI=1S/C47H45N7O5/c1-58-42(36-13-7-4-8-14-36)46(56)54-28-10-16-40(54)44-49-30-38(51-44)34-25-21-32(22-26-34)18-17-31-19-23-33(24-20-31)37-29-48-43(50-37)39-15-9-27-53(39)45(55)41(52-47(57)59-2)35-11-5-3-6-12-35/h3-8,11-14,19-26,29-30,39-42H,9-10,15-16,27-28H2,1-2H3,(H,48,50)(H,49,51)(H,52,57). The minimum Gasteiger partial charge on any atom is -0.453 e. The van der Waals surface area contributed by atoms with Crippen molar-refractivity contribution >= 4 is 17.9 Å². The minimum atomic E-state index is -0.877. The molecule has 4 atom stereocenters. The van der Waals surface area contributed by atoms with Gasteiger partial charge in [-0.1, -0.05) is 96.8 Å². The first-order valence-corrected chi connectivity index (χ1v) is 19.8. The van der Waals surface area contributed by atoms with Crippen molar-refractivity contribution in [2.45, 2.75) is 49.9 Å². The van der Waals surface area contributed by atoms with Crippen LogP contribution in [0, 0.1) is 11.8 Å². The molecule has 3 amide bonds. The Labute approximate surface area is 343 Å². The average Bonchev–Trinajstić information content (AvgIpc) is 4.13. The number of hydrogen-bond acceptors (Lipinski definition) is 7. The Morgan fingerprint density at radius 1 is 0.661 bits per heavy atom. The maximum atomic E-state index is 13.9. The summed E-state index contributed by atoms with van der Waals surface area (Å²) < 4.78 is 10.5. The molecule has 2 aliphatic rings. The number of ether oxygens (including phenoxy) is 2. The van der Waals surface area contributed by atoms with Crippen LogP contribution in [-0.4, -0.2) is 75.0 Å². The molecule has 12 nitrogen and oxygen atoms in total. The number of carbonyl (C=O) groups is 3. The van der Waals surface area contributed by atoms with Gasteiger partial charge in [0.05, 0.1) is 43.0 Å². The number of amides is 3. The Kier molecular flexibility index (Phi) is 11.6. The molecule has 8 rings (SSSR count). The monoisotopic (exact) mass is 787 g/mol. The van der Waals surface area contributed by atoms with Crippen LogP contribution in [-0.2, 0) is 19.1 Å². The zero-order valence-corrected chi connectivity index (χ0v) is 32.9. The number of aromatic amines is 2. The first-order valence-electron chi connectivity index (χ1n) is 19.8. The number of aromatic nitrogens is 4. The number of alkyl carbamates (subject to hydrolysis) is 1. The molecule has 59 heavy (non-hydrogen) atoms. The summed E-state index contributed by atoms with van der Waals surface area (Å²) in [5, 5.41) is 2.71. The van der Waals surface area contributed by atoms with Crippen molar-refractivity contribution in [2.75, 3.05) is 27.3 Å². The summed E-state index contributed by atoms with van der Waals surface area (Å²) in [7, 11) is 2.85. The normalized spacial score (nSPS) is 17.2. The van der Waals surface area contributed by atoms with Gasteiger partial charge in [-0.25, -0.2) is 14.8 Å². The average molecular weight is 788 g/mol. The lowest BCUT2D eigenvalue weighted by Gasteiger charge is -2.28. The van der Waals surface area contributed by atoms with Gasteiger partial charge in [0.25, 0.3) is 11.8 Å². The molecule has 0 aliphatic carbocycles. The maximum absolute atomic E-state index is 13.9. The molecule has 4 unspecified atom stereocenters. The van der Waals surface area contributed by atoms with Crippen LogP contribution in [0.1, 0.15) is 83.8 Å². The van der Waals surface area contributed by atoms with Crippen LogP contribution >= 0.6 is 0 Å². The van der Waals surface area contributed by atoms with Gasteiger partial charge in [-0.3, -0.25) is 9.59 Å². The van der Waals surface area contributed by atoms with E-state index in [4.69, 9.17) is 14.5 Å². The number of nitrogens with one attached hydrogen (secondary N) is 3. The lowest BCUT2D eigenvalue weighted by Crippen LogP contribution is -2.42. The topological polar surface area (TPSA) is 146 Å². The van der Waals surface area contributed by atoms with E-state index in [1.807, 2.05) is 120 Å². The highest BCUT2D eigenvalue weighted by Gasteiger charge is 2.38. The molecule has 2 saturated heterocycles. The zero-order valence-electron chi connectivity index (χ0n) is 32.9. The summed E-state index contributed by atoms with van der Waals surface area (Å²) in [5.74, 6) is 7.73. The van der Waals surface area contributed by atoms with Crippen molar-refractivity contribution in [2.24, 2.45) is 0 Å². The van der Waals surface area contributed by atoms with Gasteiger partial charge in [-0.15, -0.1) is 0 Å². The Bertz CT molecular complexity index is 2450. The van der Waals surface area contributed by atoms with E-state index in [0.29, 0.717) is 24.5 Å². The molecule has 12 heteroatoms. The molecule has 0 bridgehead atoms. The fourth-order valence-corrected chi connectivity index (χ4v) is 7.98. The van der Waals surface area contributed by atoms with E-state index in [9.17, 15) is 14.4 Å². The highest BCUT2D eigenvalue weighted by Crippen LogP contribution is 2.36. The summed E-state index contributed by atoms with van der Waals surface area (Å²) in [6.07, 6.45) is 5.59. The van der Waals surface area contributed by atoms with Crippen molar-refractivity contribution < 1.29 is 23.9 Å². The van der Waals surface area contributed by atoms with E-state index >= 15 is 0 Å². The molecule has 6 aromatic rings. The molecule has 4 heterocycles. The van der Waals surface area contributed by atoms with Crippen LogP contribution < -0.4 is 5.32 Å². The number of imidazole rings is 2. The van der Waals surface area contributed by atoms with Crippen LogP contribution in [0.2, 0.25) is 0 Å². The Morgan fingerprint density at radius 3 is 1.61 bits per heavy atom. The van der Waals surface area contributed by atoms with Crippen molar-refractivity contribution in [3.63, 3.8) is 0 Å². The van der Waals surface area contributed by atoms with Gasteiger partial charge in [0.15, 0.2) is 6.10 Å². The van der Waals surface area contributed by atoms with E-state index in [-0.39, 0.29) is 23.9 Å². The third-order valence-corrected chi connectivity index (χ3v) is 11.0. The second kappa shape index (κ2) is 17.7. The predicted octanol–water partition coefficient (Wildman–Crippen LogP) is 7.68. The van der Waals surface area contributed by atoms with Crippen molar-refractivity contribution in [1.29, 1.82) is 0 Å². The molecular formula is C47H45N7O5. The summed E-state index contributed by atoms with van der Waals surface area (Å²) in [6.45, 7) is 1.21. The van der Waals surface area contributed by atoms with Crippen LogP contribution in [0.3, 0.4) is 0 Å². The van der Waals surface area contributed by atoms with E-state index in [1.54, 1.807) is 18.2 Å². The molecule has 3 N–H and O–H groups in total. The SMILES string of the molecule is COC(=O)NC(C(=O)N1CCCC1c1ncc(-c2ccc(C#Cc3ccc(-c4cnc(C5CCCN5C(=O)C(OC)c5ccccc5)[nH]4)cc3)cc2)[nH]1)c1ccccc1. The third kappa shape index (κ3) is 8.51. The van der Waals surface area contributed by atoms with E-state index in [1.165, 1.54) is 7.11 Å². The van der Waals surface area contributed by atoms with E-state index in [2.05, 4.69) is 32.1 Å². The first kappa shape index (κ1) is 38.9. The molecule has 2 fully saturated rings. The predicted molar refractivity (Wildman–Crippen MR) is 222 cm³/mol. The molecule has 4 aromatic carbocycles. The number of H-pyrrole nitrogens is 2. The molecule has 0 saturated carbocycles. The quantitative estimate of drug-likeness (QED) is 0.121. The lowest BCUT2D eigenvalue weighted by atomic mass is 10.1. The summed E-state index contributed by atoms with van der Waals surface area (Å²) in [5.41, 5.74) is 6.90. The Balaban J connectivity index is 0.899. The van der Waals surface area contributed by atoms with Crippen molar-refractivity contribution in [3.05, 3.63) is 155 Å². The number of benzene rings is 4. The summed E-state index contributed by atoms with van der Waals surface area (Å²) >= 11 is 0. The highest BCUT2D eigenvalue weighted by atomic mass is 16.5. The third-order valence-electron chi connectivity index (χ3n) is 11.0. The number of methoxy groups -OCH3 is 2. The molecule has 0 spiro atoms. The molecule has 298 valence electrons. The van der Waals surface area contributed by atoms with Crippen LogP contribution in [0.15, 0.2) is 122 Å². The molecule has 2 aliphatic heterocycles. The van der Waals surface area contributed by atoms with Crippen LogP contribution in [0.4, 0.5) is 4.79 Å². The number of nitrogens with zero attached hydrogens (tertiary/aromatic N) is 4. The van der Waals surface area contributed by atoms with Crippen LogP contribution in [0.5, 0.6) is 0 Å². The lowest BCUT2D eigenvalue weighted by molar-refractivity contribution is -0.143. The Morgan fingerprint density at radius 2 is 1.14 bits per heavy atom. The van der Waals surface area contributed by atoms with Gasteiger partial charge in [-0.2, -0.15) is 0 Å². The van der Waals surface area contributed by atoms with Crippen molar-refractivity contribution in [1.82, 2.24) is 35.1 Å². The zero-order chi connectivity index (χ0) is 40.7. The highest BCUT2D eigenvalue weighted by molar-refractivity contribution is 5.87. The van der Waals surface area contributed by atoms with Gasteiger partial charge in [-0.05, 0) is 72.2 Å². The van der Waals surface area contributed by atoms with Gasteiger partial charge in [0.2, 0.25) is 0 Å². The van der Waals surface area contributed by atoms with Gasteiger partial charge < -0.3 is 34.6 Å². The first-order chi connectivity index (χ1) is 28.9. The van der Waals surface area contributed by atoms with Gasteiger partial charge >= 0.3 is 6.09 Å². The van der Waals surface area contributed by atoms with E-state index < -0.39 is 18.2 Å². The minimum absolute atomic E-state index is 0.0566. The number of rotatable bonds is 10. The molecule has 2 aromatic heterocycles. The number of hydrogen-bond donors (Lipinski definition) is 3. The fraction of sp³-hybridized carbons (Fsp3) is 0.255. The maximum Gasteiger partial charge on any atom is 0.407 e. The van der Waals surface area contributed by atoms with Gasteiger partial charge in [0.1, 0.15) is 17.7 Å². The Hall–Kier alpha value is -6.97. The largest absolute Gasteiger partial charge is 0.453 e. The van der Waals surface area contributed by atoms with Gasteiger partial charge in [0, 0.05) is 31.3 Å².